The van der Waals surface area contributed by atoms with Gasteiger partial charge in [0.15, 0.2) is 12.4 Å². The van der Waals surface area contributed by atoms with Crippen molar-refractivity contribution in [2.45, 2.75) is 6.92 Å². The molecular formula is C19H16N2O6. The average Bonchev–Trinajstić information content (AvgIpc) is 2.65. The second-order valence-corrected chi connectivity index (χ2v) is 5.44. The largest absolute Gasteiger partial charge is 0.452 e. The molecule has 0 spiro atoms. The molecule has 138 valence electrons. The number of carbonyl (C=O) groups excluding carboxylic acids is 3. The number of nitro groups is 1. The molecule has 0 saturated heterocycles. The predicted octanol–water partition coefficient (Wildman–Crippen LogP) is 2.99. The number of para-hydroxylation sites is 1. The summed E-state index contributed by atoms with van der Waals surface area (Å²) in [4.78, 5) is 45.0. The Morgan fingerprint density at radius 3 is 2.41 bits per heavy atom. The van der Waals surface area contributed by atoms with Crippen LogP contribution in [0, 0.1) is 10.1 Å². The molecule has 0 atom stereocenters. The zero-order valence-corrected chi connectivity index (χ0v) is 14.4. The van der Waals surface area contributed by atoms with Crippen molar-refractivity contribution in [3.05, 3.63) is 75.8 Å². The van der Waals surface area contributed by atoms with Gasteiger partial charge in [0.25, 0.3) is 11.6 Å². The second-order valence-electron chi connectivity index (χ2n) is 5.44. The number of Topliss-reactive ketones (excluding diaryl/α,β-unsaturated/α-hetero) is 1. The smallest absolute Gasteiger partial charge is 0.331 e. The molecule has 2 rings (SSSR count). The van der Waals surface area contributed by atoms with Crippen LogP contribution in [-0.4, -0.2) is 29.2 Å². The first kappa shape index (κ1) is 19.5. The van der Waals surface area contributed by atoms with Gasteiger partial charge in [-0.1, -0.05) is 12.1 Å². The summed E-state index contributed by atoms with van der Waals surface area (Å²) in [7, 11) is 0. The number of benzene rings is 2. The van der Waals surface area contributed by atoms with Gasteiger partial charge in [-0.15, -0.1) is 0 Å². The third-order valence-corrected chi connectivity index (χ3v) is 3.45. The van der Waals surface area contributed by atoms with Crippen molar-refractivity contribution < 1.29 is 24.0 Å². The lowest BCUT2D eigenvalue weighted by Crippen LogP contribution is -2.20. The molecular weight excluding hydrogens is 352 g/mol. The fourth-order valence-corrected chi connectivity index (χ4v) is 2.12. The van der Waals surface area contributed by atoms with E-state index >= 15 is 0 Å². The molecule has 0 aliphatic rings. The van der Waals surface area contributed by atoms with Crippen molar-refractivity contribution in [3.63, 3.8) is 0 Å². The summed E-state index contributed by atoms with van der Waals surface area (Å²) in [6.07, 6.45) is 2.26. The number of ether oxygens (including phenoxy) is 1. The summed E-state index contributed by atoms with van der Waals surface area (Å²) in [5.74, 6) is -1.46. The maximum atomic E-state index is 11.8. The zero-order chi connectivity index (χ0) is 19.8. The number of amides is 1. The van der Waals surface area contributed by atoms with E-state index < -0.39 is 23.4 Å². The SMILES string of the molecule is CC(=O)c1ccc(NC(=O)COC(=O)/C=C/c2ccccc2[N+](=O)[O-])cc1. The lowest BCUT2D eigenvalue weighted by atomic mass is 10.1. The van der Waals surface area contributed by atoms with Crippen LogP contribution in [0.2, 0.25) is 0 Å². The van der Waals surface area contributed by atoms with Gasteiger partial charge >= 0.3 is 5.97 Å². The predicted molar refractivity (Wildman–Crippen MR) is 98.2 cm³/mol. The molecule has 0 unspecified atom stereocenters. The number of carbonyl (C=O) groups is 3. The Labute approximate surface area is 154 Å². The number of nitro benzene ring substituents is 1. The van der Waals surface area contributed by atoms with Crippen molar-refractivity contribution in [2.24, 2.45) is 0 Å². The Bertz CT molecular complexity index is 903. The van der Waals surface area contributed by atoms with Crippen LogP contribution in [0.5, 0.6) is 0 Å². The number of nitrogens with zero attached hydrogens (tertiary/aromatic N) is 1. The maximum absolute atomic E-state index is 11.8. The molecule has 2 aromatic rings. The number of ketones is 1. The second kappa shape index (κ2) is 9.04. The summed E-state index contributed by atoms with van der Waals surface area (Å²) < 4.78 is 4.80. The van der Waals surface area contributed by atoms with E-state index in [0.29, 0.717) is 11.3 Å². The molecule has 0 radical (unpaired) electrons. The molecule has 0 fully saturated rings. The van der Waals surface area contributed by atoms with Crippen LogP contribution in [-0.2, 0) is 14.3 Å². The highest BCUT2D eigenvalue weighted by Crippen LogP contribution is 2.18. The highest BCUT2D eigenvalue weighted by molar-refractivity contribution is 5.96. The molecule has 8 heteroatoms. The van der Waals surface area contributed by atoms with E-state index in [1.54, 1.807) is 30.3 Å². The van der Waals surface area contributed by atoms with E-state index in [9.17, 15) is 24.5 Å². The Hall–Kier alpha value is -3.81. The van der Waals surface area contributed by atoms with Crippen LogP contribution < -0.4 is 5.32 Å². The molecule has 27 heavy (non-hydrogen) atoms. The van der Waals surface area contributed by atoms with E-state index in [0.717, 1.165) is 6.08 Å². The lowest BCUT2D eigenvalue weighted by molar-refractivity contribution is -0.385. The Morgan fingerprint density at radius 2 is 1.78 bits per heavy atom. The molecule has 0 saturated carbocycles. The number of nitrogens with one attached hydrogen (secondary N) is 1. The average molecular weight is 368 g/mol. The maximum Gasteiger partial charge on any atom is 0.331 e. The minimum Gasteiger partial charge on any atom is -0.452 e. The van der Waals surface area contributed by atoms with Crippen LogP contribution >= 0.6 is 0 Å². The van der Waals surface area contributed by atoms with E-state index in [1.165, 1.54) is 31.2 Å². The van der Waals surface area contributed by atoms with Crippen LogP contribution in [0.25, 0.3) is 6.08 Å². The van der Waals surface area contributed by atoms with Gasteiger partial charge in [0.1, 0.15) is 0 Å². The van der Waals surface area contributed by atoms with E-state index in [2.05, 4.69) is 5.32 Å². The molecule has 0 heterocycles. The van der Waals surface area contributed by atoms with Crippen LogP contribution in [0.15, 0.2) is 54.6 Å². The summed E-state index contributed by atoms with van der Waals surface area (Å²) in [6.45, 7) is 0.916. The summed E-state index contributed by atoms with van der Waals surface area (Å²) in [5, 5.41) is 13.4. The minimum absolute atomic E-state index is 0.0905. The Morgan fingerprint density at radius 1 is 1.11 bits per heavy atom. The first-order chi connectivity index (χ1) is 12.9. The van der Waals surface area contributed by atoms with Gasteiger partial charge in [0.2, 0.25) is 0 Å². The van der Waals surface area contributed by atoms with E-state index in [-0.39, 0.29) is 17.0 Å². The normalized spacial score (nSPS) is 10.4. The summed E-state index contributed by atoms with van der Waals surface area (Å²) in [6, 6.07) is 12.2. The van der Waals surface area contributed by atoms with Gasteiger partial charge < -0.3 is 10.1 Å². The van der Waals surface area contributed by atoms with Crippen molar-refractivity contribution in [3.8, 4) is 0 Å². The Balaban J connectivity index is 1.87. The van der Waals surface area contributed by atoms with Crippen molar-refractivity contribution in [1.82, 2.24) is 0 Å². The van der Waals surface area contributed by atoms with Gasteiger partial charge in [-0.3, -0.25) is 19.7 Å². The van der Waals surface area contributed by atoms with Crippen LogP contribution in [0.1, 0.15) is 22.8 Å². The van der Waals surface area contributed by atoms with E-state index in [1.807, 2.05) is 0 Å². The highest BCUT2D eigenvalue weighted by Gasteiger charge is 2.11. The fourth-order valence-electron chi connectivity index (χ4n) is 2.12. The topological polar surface area (TPSA) is 116 Å². The quantitative estimate of drug-likeness (QED) is 0.264. The van der Waals surface area contributed by atoms with Gasteiger partial charge in [0.05, 0.1) is 10.5 Å². The van der Waals surface area contributed by atoms with Gasteiger partial charge in [-0.2, -0.15) is 0 Å². The molecule has 1 amide bonds. The van der Waals surface area contributed by atoms with Crippen LogP contribution in [0.3, 0.4) is 0 Å². The third kappa shape index (κ3) is 5.89. The van der Waals surface area contributed by atoms with Gasteiger partial charge in [-0.25, -0.2) is 4.79 Å². The van der Waals surface area contributed by atoms with Crippen molar-refractivity contribution in [2.75, 3.05) is 11.9 Å². The summed E-state index contributed by atoms with van der Waals surface area (Å²) >= 11 is 0. The highest BCUT2D eigenvalue weighted by atomic mass is 16.6. The molecule has 0 aliphatic heterocycles. The first-order valence-corrected chi connectivity index (χ1v) is 7.86. The number of esters is 1. The van der Waals surface area contributed by atoms with Crippen molar-refractivity contribution in [1.29, 1.82) is 0 Å². The van der Waals surface area contributed by atoms with Crippen LogP contribution in [0.4, 0.5) is 11.4 Å². The molecule has 1 N–H and O–H groups in total. The summed E-state index contributed by atoms with van der Waals surface area (Å²) in [5.41, 5.74) is 1.07. The molecule has 2 aromatic carbocycles. The van der Waals surface area contributed by atoms with Crippen molar-refractivity contribution >= 4 is 35.1 Å². The number of hydrogen-bond acceptors (Lipinski definition) is 6. The van der Waals surface area contributed by atoms with E-state index in [4.69, 9.17) is 4.74 Å². The standard InChI is InChI=1S/C19H16N2O6/c1-13(22)14-6-9-16(10-7-14)20-18(23)12-27-19(24)11-8-15-4-2-3-5-17(15)21(25)26/h2-11H,12H2,1H3,(H,20,23)/b11-8+. The lowest BCUT2D eigenvalue weighted by Gasteiger charge is -2.06. The number of hydrogen-bond donors (Lipinski definition) is 1. The molecule has 0 aliphatic carbocycles. The monoisotopic (exact) mass is 368 g/mol. The van der Waals surface area contributed by atoms with Gasteiger partial charge in [0, 0.05) is 23.4 Å². The molecule has 0 aromatic heterocycles. The third-order valence-electron chi connectivity index (χ3n) is 3.45. The zero-order valence-electron chi connectivity index (χ0n) is 14.4. The molecule has 8 nitrogen and oxygen atoms in total. The van der Waals surface area contributed by atoms with Gasteiger partial charge in [-0.05, 0) is 43.3 Å². The fraction of sp³-hybridized carbons (Fsp3) is 0.105. The first-order valence-electron chi connectivity index (χ1n) is 7.86. The minimum atomic E-state index is -0.810. The Kier molecular flexibility index (Phi) is 6.54. The molecule has 0 bridgehead atoms. The number of anilines is 1. The number of rotatable bonds is 7.